The van der Waals surface area contributed by atoms with Crippen molar-refractivity contribution < 1.29 is 9.53 Å². The molecule has 0 spiro atoms. The fourth-order valence-corrected chi connectivity index (χ4v) is 3.06. The van der Waals surface area contributed by atoms with Crippen LogP contribution in [-0.2, 0) is 4.79 Å². The number of thiocarbonyl (C=S) groups is 1. The van der Waals surface area contributed by atoms with E-state index in [1.807, 2.05) is 61.5 Å². The zero-order valence-corrected chi connectivity index (χ0v) is 14.3. The second-order valence-corrected chi connectivity index (χ2v) is 6.02. The van der Waals surface area contributed by atoms with Gasteiger partial charge in [0, 0.05) is 11.3 Å². The molecule has 122 valence electrons. The first-order chi connectivity index (χ1) is 11.5. The van der Waals surface area contributed by atoms with Crippen LogP contribution in [0.15, 0.2) is 65.9 Å². The van der Waals surface area contributed by atoms with Crippen molar-refractivity contribution >= 4 is 23.1 Å². The molecule has 0 saturated heterocycles. The molecular formula is C19H18N2O2S. The lowest BCUT2D eigenvalue weighted by Crippen LogP contribution is -2.44. The maximum Gasteiger partial charge on any atom is 0.171 e. The van der Waals surface area contributed by atoms with Crippen molar-refractivity contribution in [3.05, 3.63) is 71.4 Å². The number of carbonyl (C=O) groups is 1. The summed E-state index contributed by atoms with van der Waals surface area (Å²) < 4.78 is 5.88. The molecule has 0 bridgehead atoms. The van der Waals surface area contributed by atoms with Crippen LogP contribution in [0.1, 0.15) is 25.5 Å². The predicted octanol–water partition coefficient (Wildman–Crippen LogP) is 3.86. The third-order valence-corrected chi connectivity index (χ3v) is 4.04. The lowest BCUT2D eigenvalue weighted by atomic mass is 9.93. The van der Waals surface area contributed by atoms with Gasteiger partial charge in [-0.3, -0.25) is 4.79 Å². The zero-order chi connectivity index (χ0) is 17.1. The van der Waals surface area contributed by atoms with Gasteiger partial charge in [-0.15, -0.1) is 0 Å². The molecule has 0 aliphatic carbocycles. The van der Waals surface area contributed by atoms with Crippen LogP contribution in [0.2, 0.25) is 0 Å². The zero-order valence-electron chi connectivity index (χ0n) is 13.5. The third-order valence-electron chi connectivity index (χ3n) is 3.82. The van der Waals surface area contributed by atoms with Crippen LogP contribution in [0.3, 0.4) is 0 Å². The van der Waals surface area contributed by atoms with E-state index >= 15 is 0 Å². The summed E-state index contributed by atoms with van der Waals surface area (Å²) in [7, 11) is 0. The monoisotopic (exact) mass is 338 g/mol. The molecule has 1 atom stereocenters. The molecule has 24 heavy (non-hydrogen) atoms. The van der Waals surface area contributed by atoms with E-state index in [4.69, 9.17) is 17.0 Å². The van der Waals surface area contributed by atoms with E-state index in [1.165, 1.54) is 0 Å². The summed E-state index contributed by atoms with van der Waals surface area (Å²) in [5.74, 6) is 1.49. The Labute approximate surface area is 146 Å². The number of para-hydroxylation sites is 1. The van der Waals surface area contributed by atoms with Gasteiger partial charge in [0.2, 0.25) is 0 Å². The topological polar surface area (TPSA) is 50.4 Å². The van der Waals surface area contributed by atoms with Gasteiger partial charge in [-0.05, 0) is 55.9 Å². The molecule has 0 amide bonds. The molecule has 2 aromatic carbocycles. The van der Waals surface area contributed by atoms with Crippen LogP contribution in [-0.4, -0.2) is 10.9 Å². The van der Waals surface area contributed by atoms with Gasteiger partial charge < -0.3 is 15.4 Å². The Bertz CT molecular complexity index is 815. The van der Waals surface area contributed by atoms with Crippen molar-refractivity contribution in [3.8, 4) is 11.5 Å². The summed E-state index contributed by atoms with van der Waals surface area (Å²) in [6.07, 6.45) is 0. The van der Waals surface area contributed by atoms with Crippen molar-refractivity contribution in [2.45, 2.75) is 19.9 Å². The lowest BCUT2D eigenvalue weighted by molar-refractivity contribution is -0.114. The van der Waals surface area contributed by atoms with Crippen LogP contribution >= 0.6 is 12.2 Å². The second kappa shape index (κ2) is 6.84. The lowest BCUT2D eigenvalue weighted by Gasteiger charge is -2.30. The molecule has 1 aliphatic rings. The van der Waals surface area contributed by atoms with Crippen molar-refractivity contribution in [3.63, 3.8) is 0 Å². The number of hydrogen-bond donors (Lipinski definition) is 2. The van der Waals surface area contributed by atoms with Gasteiger partial charge in [-0.1, -0.05) is 30.3 Å². The number of carbonyl (C=O) groups excluding carboxylic acids is 1. The molecule has 0 fully saturated rings. The van der Waals surface area contributed by atoms with E-state index in [2.05, 4.69) is 10.6 Å². The summed E-state index contributed by atoms with van der Waals surface area (Å²) in [5.41, 5.74) is 2.39. The van der Waals surface area contributed by atoms with E-state index in [0.29, 0.717) is 16.4 Å². The Morgan fingerprint density at radius 1 is 1.08 bits per heavy atom. The molecular weight excluding hydrogens is 320 g/mol. The van der Waals surface area contributed by atoms with Crippen molar-refractivity contribution in [1.82, 2.24) is 10.6 Å². The summed E-state index contributed by atoms with van der Waals surface area (Å²) in [4.78, 5) is 12.1. The van der Waals surface area contributed by atoms with Crippen LogP contribution in [0.4, 0.5) is 0 Å². The summed E-state index contributed by atoms with van der Waals surface area (Å²) in [5, 5.41) is 6.70. The summed E-state index contributed by atoms with van der Waals surface area (Å²) >= 11 is 5.24. The summed E-state index contributed by atoms with van der Waals surface area (Å²) in [6, 6.07) is 17.0. The number of nitrogens with one attached hydrogen (secondary N) is 2. The Hall–Kier alpha value is -2.66. The number of ether oxygens (including phenoxy) is 1. The first kappa shape index (κ1) is 16.2. The minimum atomic E-state index is -0.282. The Morgan fingerprint density at radius 3 is 2.50 bits per heavy atom. The highest BCUT2D eigenvalue weighted by Gasteiger charge is 2.27. The number of rotatable bonds is 4. The Balaban J connectivity index is 1.94. The van der Waals surface area contributed by atoms with Gasteiger partial charge in [0.1, 0.15) is 11.5 Å². The molecule has 2 aromatic rings. The minimum absolute atomic E-state index is 0.00869. The number of ketones is 1. The number of allylic oxidation sites excluding steroid dienone is 1. The highest BCUT2D eigenvalue weighted by molar-refractivity contribution is 7.80. The highest BCUT2D eigenvalue weighted by atomic mass is 32.1. The maximum atomic E-state index is 12.1. The second-order valence-electron chi connectivity index (χ2n) is 5.61. The van der Waals surface area contributed by atoms with Gasteiger partial charge in [0.15, 0.2) is 10.9 Å². The van der Waals surface area contributed by atoms with Crippen LogP contribution < -0.4 is 15.4 Å². The first-order valence-electron chi connectivity index (χ1n) is 7.66. The molecule has 5 heteroatoms. The van der Waals surface area contributed by atoms with Crippen LogP contribution in [0, 0.1) is 0 Å². The molecule has 1 heterocycles. The average molecular weight is 338 g/mol. The van der Waals surface area contributed by atoms with Crippen molar-refractivity contribution in [1.29, 1.82) is 0 Å². The SMILES string of the molecule is CC(=O)C1=C(C)NC(=S)N[C@@H]1c1cccc(Oc2ccccc2)c1. The van der Waals surface area contributed by atoms with Crippen LogP contribution in [0.25, 0.3) is 0 Å². The molecule has 2 N–H and O–H groups in total. The van der Waals surface area contributed by atoms with E-state index in [0.717, 1.165) is 17.0 Å². The molecule has 4 nitrogen and oxygen atoms in total. The predicted molar refractivity (Wildman–Crippen MR) is 97.9 cm³/mol. The normalized spacial score (nSPS) is 17.1. The summed E-state index contributed by atoms with van der Waals surface area (Å²) in [6.45, 7) is 3.43. The van der Waals surface area contributed by atoms with Crippen molar-refractivity contribution in [2.24, 2.45) is 0 Å². The third kappa shape index (κ3) is 3.46. The molecule has 0 radical (unpaired) electrons. The van der Waals surface area contributed by atoms with Gasteiger partial charge in [0.05, 0.1) is 6.04 Å². The van der Waals surface area contributed by atoms with Gasteiger partial charge in [-0.25, -0.2) is 0 Å². The smallest absolute Gasteiger partial charge is 0.171 e. The quantitative estimate of drug-likeness (QED) is 0.829. The first-order valence-corrected chi connectivity index (χ1v) is 8.07. The molecule has 1 aliphatic heterocycles. The number of benzene rings is 2. The minimum Gasteiger partial charge on any atom is -0.457 e. The maximum absolute atomic E-state index is 12.1. The Kier molecular flexibility index (Phi) is 4.62. The van der Waals surface area contributed by atoms with Gasteiger partial charge in [-0.2, -0.15) is 0 Å². The van der Waals surface area contributed by atoms with E-state index < -0.39 is 0 Å². The van der Waals surface area contributed by atoms with E-state index in [-0.39, 0.29) is 11.8 Å². The number of Topliss-reactive ketones (excluding diaryl/α,β-unsaturated/α-hetero) is 1. The van der Waals surface area contributed by atoms with E-state index in [9.17, 15) is 4.79 Å². The van der Waals surface area contributed by atoms with Crippen molar-refractivity contribution in [2.75, 3.05) is 0 Å². The molecule has 0 saturated carbocycles. The molecule has 0 aromatic heterocycles. The fourth-order valence-electron chi connectivity index (χ4n) is 2.79. The Morgan fingerprint density at radius 2 is 1.79 bits per heavy atom. The van der Waals surface area contributed by atoms with E-state index in [1.54, 1.807) is 6.92 Å². The molecule has 0 unspecified atom stereocenters. The fraction of sp³-hybridized carbons (Fsp3) is 0.158. The number of hydrogen-bond acceptors (Lipinski definition) is 3. The van der Waals surface area contributed by atoms with Gasteiger partial charge >= 0.3 is 0 Å². The van der Waals surface area contributed by atoms with Gasteiger partial charge in [0.25, 0.3) is 0 Å². The average Bonchev–Trinajstić information content (AvgIpc) is 2.55. The largest absolute Gasteiger partial charge is 0.457 e. The highest BCUT2D eigenvalue weighted by Crippen LogP contribution is 2.30. The van der Waals surface area contributed by atoms with Crippen LogP contribution in [0.5, 0.6) is 11.5 Å². The standard InChI is InChI=1S/C19H18N2O2S/c1-12-17(13(2)22)18(21-19(24)20-12)14-7-6-10-16(11-14)23-15-8-4-3-5-9-15/h3-11,18H,1-2H3,(H2,20,21,24)/t18-/m1/s1. The molecule has 3 rings (SSSR count).